The van der Waals surface area contributed by atoms with Gasteiger partial charge in [-0.05, 0) is 50.5 Å². The van der Waals surface area contributed by atoms with Crippen molar-refractivity contribution < 1.29 is 23.9 Å². The monoisotopic (exact) mass is 370 g/mol. The second-order valence-electron chi connectivity index (χ2n) is 7.68. The molecule has 142 valence electrons. The van der Waals surface area contributed by atoms with E-state index in [0.29, 0.717) is 24.1 Å². The Labute approximate surface area is 157 Å². The van der Waals surface area contributed by atoms with Crippen LogP contribution in [0, 0.1) is 0 Å². The zero-order chi connectivity index (χ0) is 19.8. The van der Waals surface area contributed by atoms with E-state index in [-0.39, 0.29) is 18.2 Å². The minimum Gasteiger partial charge on any atom is -0.457 e. The lowest BCUT2D eigenvalue weighted by Crippen LogP contribution is -2.52. The third-order valence-electron chi connectivity index (χ3n) is 4.37. The topological polar surface area (TPSA) is 92.8 Å². The number of imide groups is 1. The number of esters is 1. The van der Waals surface area contributed by atoms with E-state index in [1.807, 2.05) is 6.07 Å². The van der Waals surface area contributed by atoms with E-state index in [1.165, 1.54) is 11.0 Å². The number of rotatable bonds is 3. The van der Waals surface area contributed by atoms with E-state index in [9.17, 15) is 19.2 Å². The normalized spacial score (nSPS) is 20.0. The molecule has 0 bridgehead atoms. The van der Waals surface area contributed by atoms with Gasteiger partial charge in [0.15, 0.2) is 0 Å². The van der Waals surface area contributed by atoms with E-state index in [2.05, 4.69) is 5.32 Å². The fourth-order valence-corrected chi connectivity index (χ4v) is 3.18. The molecular formula is C20H22N2O5. The summed E-state index contributed by atoms with van der Waals surface area (Å²) in [6.45, 7) is 5.69. The predicted molar refractivity (Wildman–Crippen MR) is 97.4 cm³/mol. The van der Waals surface area contributed by atoms with Crippen molar-refractivity contribution in [1.29, 1.82) is 0 Å². The number of piperidine rings is 1. The van der Waals surface area contributed by atoms with E-state index < -0.39 is 23.5 Å². The predicted octanol–water partition coefficient (Wildman–Crippen LogP) is 1.80. The first-order valence-electron chi connectivity index (χ1n) is 8.83. The lowest BCUT2D eigenvalue weighted by atomic mass is 10.0. The average Bonchev–Trinajstić information content (AvgIpc) is 2.88. The second kappa shape index (κ2) is 6.98. The van der Waals surface area contributed by atoms with Crippen molar-refractivity contribution in [3.8, 4) is 0 Å². The highest BCUT2D eigenvalue weighted by Crippen LogP contribution is 2.28. The van der Waals surface area contributed by atoms with Crippen LogP contribution in [0.1, 0.15) is 55.1 Å². The number of nitrogens with zero attached hydrogens (tertiary/aromatic N) is 1. The third kappa shape index (κ3) is 4.24. The molecule has 1 N–H and O–H groups in total. The standard InChI is InChI=1S/C20H22N2O5/c1-20(2,3)27-17(24)9-5-12-4-6-13-11-22(19(26)14(13)10-12)15-7-8-16(23)21-18(15)25/h4-6,9-10,15H,7-8,11H2,1-3H3,(H,21,23,25). The molecule has 3 amide bonds. The van der Waals surface area contributed by atoms with Gasteiger partial charge in [-0.15, -0.1) is 0 Å². The van der Waals surface area contributed by atoms with E-state index >= 15 is 0 Å². The molecule has 1 fully saturated rings. The van der Waals surface area contributed by atoms with Crippen molar-refractivity contribution in [1.82, 2.24) is 10.2 Å². The zero-order valence-electron chi connectivity index (χ0n) is 15.6. The van der Waals surface area contributed by atoms with Crippen LogP contribution in [0.4, 0.5) is 0 Å². The van der Waals surface area contributed by atoms with Gasteiger partial charge in [-0.1, -0.05) is 12.1 Å². The largest absolute Gasteiger partial charge is 0.457 e. The van der Waals surface area contributed by atoms with Crippen LogP contribution in [0.25, 0.3) is 6.08 Å². The van der Waals surface area contributed by atoms with Crippen molar-refractivity contribution >= 4 is 29.8 Å². The molecule has 0 aliphatic carbocycles. The van der Waals surface area contributed by atoms with Gasteiger partial charge in [0.1, 0.15) is 11.6 Å². The Hall–Kier alpha value is -2.96. The number of hydrogen-bond acceptors (Lipinski definition) is 5. The Balaban J connectivity index is 1.74. The van der Waals surface area contributed by atoms with E-state index in [0.717, 1.165) is 5.56 Å². The SMILES string of the molecule is CC(C)(C)OC(=O)C=Cc1ccc2c(c1)C(=O)N(C1CCC(=O)NC1=O)C2. The molecule has 1 atom stereocenters. The first kappa shape index (κ1) is 18.8. The lowest BCUT2D eigenvalue weighted by Gasteiger charge is -2.29. The Morgan fingerprint density at radius 1 is 1.26 bits per heavy atom. The van der Waals surface area contributed by atoms with Gasteiger partial charge in [-0.3, -0.25) is 19.7 Å². The van der Waals surface area contributed by atoms with E-state index in [1.54, 1.807) is 39.0 Å². The maximum absolute atomic E-state index is 12.7. The summed E-state index contributed by atoms with van der Waals surface area (Å²) in [5.41, 5.74) is 1.45. The van der Waals surface area contributed by atoms with Gasteiger partial charge in [-0.25, -0.2) is 4.79 Å². The number of ether oxygens (including phenoxy) is 1. The van der Waals surface area contributed by atoms with Crippen molar-refractivity contribution in [2.45, 2.75) is 51.8 Å². The van der Waals surface area contributed by atoms with Crippen LogP contribution < -0.4 is 5.32 Å². The fraction of sp³-hybridized carbons (Fsp3) is 0.400. The van der Waals surface area contributed by atoms with Crippen molar-refractivity contribution in [2.75, 3.05) is 0 Å². The number of benzene rings is 1. The molecule has 1 aromatic carbocycles. The van der Waals surface area contributed by atoms with Gasteiger partial charge >= 0.3 is 5.97 Å². The van der Waals surface area contributed by atoms with Crippen LogP contribution in [0.3, 0.4) is 0 Å². The van der Waals surface area contributed by atoms with Gasteiger partial charge in [0.05, 0.1) is 0 Å². The zero-order valence-corrected chi connectivity index (χ0v) is 15.6. The molecule has 1 unspecified atom stereocenters. The average molecular weight is 370 g/mol. The molecule has 7 nitrogen and oxygen atoms in total. The Morgan fingerprint density at radius 2 is 2.00 bits per heavy atom. The molecular weight excluding hydrogens is 348 g/mol. The summed E-state index contributed by atoms with van der Waals surface area (Å²) in [5.74, 6) is -1.45. The molecule has 3 rings (SSSR count). The van der Waals surface area contributed by atoms with Crippen LogP contribution in [0.2, 0.25) is 0 Å². The highest BCUT2D eigenvalue weighted by atomic mass is 16.6. The molecule has 2 aliphatic heterocycles. The molecule has 1 saturated heterocycles. The summed E-state index contributed by atoms with van der Waals surface area (Å²) < 4.78 is 5.22. The first-order valence-corrected chi connectivity index (χ1v) is 8.83. The van der Waals surface area contributed by atoms with Crippen LogP contribution in [0.5, 0.6) is 0 Å². The lowest BCUT2D eigenvalue weighted by molar-refractivity contribution is -0.148. The summed E-state index contributed by atoms with van der Waals surface area (Å²) in [6, 6.07) is 4.68. The Bertz CT molecular complexity index is 850. The molecule has 0 aromatic heterocycles. The van der Waals surface area contributed by atoms with Gasteiger partial charge in [0.2, 0.25) is 11.8 Å². The van der Waals surface area contributed by atoms with Crippen molar-refractivity contribution in [3.63, 3.8) is 0 Å². The minimum absolute atomic E-state index is 0.223. The van der Waals surface area contributed by atoms with Gasteiger partial charge in [-0.2, -0.15) is 0 Å². The summed E-state index contributed by atoms with van der Waals surface area (Å²) in [7, 11) is 0. The Kier molecular flexibility index (Phi) is 4.87. The summed E-state index contributed by atoms with van der Waals surface area (Å²) in [6.07, 6.45) is 3.47. The summed E-state index contributed by atoms with van der Waals surface area (Å²) in [5, 5.41) is 2.28. The van der Waals surface area contributed by atoms with E-state index in [4.69, 9.17) is 4.74 Å². The molecule has 0 saturated carbocycles. The van der Waals surface area contributed by atoms with Crippen molar-refractivity contribution in [2.24, 2.45) is 0 Å². The molecule has 0 spiro atoms. The summed E-state index contributed by atoms with van der Waals surface area (Å²) >= 11 is 0. The minimum atomic E-state index is -0.636. The highest BCUT2D eigenvalue weighted by molar-refractivity contribution is 6.05. The third-order valence-corrected chi connectivity index (χ3v) is 4.37. The van der Waals surface area contributed by atoms with Crippen LogP contribution in [0.15, 0.2) is 24.3 Å². The molecule has 2 heterocycles. The van der Waals surface area contributed by atoms with Gasteiger partial charge < -0.3 is 9.64 Å². The number of carbonyl (C=O) groups excluding carboxylic acids is 4. The quantitative estimate of drug-likeness (QED) is 0.498. The van der Waals surface area contributed by atoms with Crippen LogP contribution in [-0.2, 0) is 25.7 Å². The number of amides is 3. The number of hydrogen-bond donors (Lipinski definition) is 1. The molecule has 2 aliphatic rings. The fourth-order valence-electron chi connectivity index (χ4n) is 3.18. The molecule has 0 radical (unpaired) electrons. The Morgan fingerprint density at radius 3 is 2.67 bits per heavy atom. The summed E-state index contributed by atoms with van der Waals surface area (Å²) in [4.78, 5) is 49.4. The second-order valence-corrected chi connectivity index (χ2v) is 7.68. The maximum atomic E-state index is 12.7. The van der Waals surface area contributed by atoms with Crippen molar-refractivity contribution in [3.05, 3.63) is 41.0 Å². The number of carbonyl (C=O) groups is 4. The van der Waals surface area contributed by atoms with Gasteiger partial charge in [0, 0.05) is 24.6 Å². The molecule has 7 heteroatoms. The highest BCUT2D eigenvalue weighted by Gasteiger charge is 2.38. The smallest absolute Gasteiger partial charge is 0.331 e. The van der Waals surface area contributed by atoms with Crippen LogP contribution in [-0.4, -0.2) is 40.2 Å². The molecule has 27 heavy (non-hydrogen) atoms. The van der Waals surface area contributed by atoms with Gasteiger partial charge in [0.25, 0.3) is 5.91 Å². The first-order chi connectivity index (χ1) is 12.6. The maximum Gasteiger partial charge on any atom is 0.331 e. The number of nitrogens with one attached hydrogen (secondary N) is 1. The molecule has 1 aromatic rings. The van der Waals surface area contributed by atoms with Crippen LogP contribution >= 0.6 is 0 Å². The number of fused-ring (bicyclic) bond motifs is 1.